The molecule has 1 N–H and O–H groups in total. The number of nitrogens with zero attached hydrogens (tertiary/aromatic N) is 1. The van der Waals surface area contributed by atoms with Crippen molar-refractivity contribution in [2.24, 2.45) is 0 Å². The average Bonchev–Trinajstić information content (AvgIpc) is 3.24. The van der Waals surface area contributed by atoms with E-state index in [4.69, 9.17) is 11.6 Å². The van der Waals surface area contributed by atoms with Crippen LogP contribution >= 0.6 is 50.2 Å². The number of aromatic nitrogens is 1. The molecule has 2 aromatic carbocycles. The summed E-state index contributed by atoms with van der Waals surface area (Å²) >= 11 is 12.8. The van der Waals surface area contributed by atoms with Crippen molar-refractivity contribution in [2.45, 2.75) is 13.3 Å². The largest absolute Gasteiger partial charge is 0.297 e. The fraction of sp³-hybridized carbons (Fsp3) is 0.100. The first-order valence-corrected chi connectivity index (χ1v) is 11.1. The SMILES string of the molecule is CCc1sc(NC(=O)c2sc3ccccc3c2Cl)nc1-c1ccc(Br)cc1. The normalized spacial score (nSPS) is 11.1. The maximum Gasteiger partial charge on any atom is 0.269 e. The number of carbonyl (C=O) groups excluding carboxylic acids is 1. The van der Waals surface area contributed by atoms with Gasteiger partial charge in [0.25, 0.3) is 5.91 Å². The van der Waals surface area contributed by atoms with Crippen LogP contribution in [-0.2, 0) is 6.42 Å². The predicted octanol–water partition coefficient (Wildman–Crippen LogP) is 7.26. The van der Waals surface area contributed by atoms with Crippen LogP contribution in [0.2, 0.25) is 5.02 Å². The minimum atomic E-state index is -0.222. The molecule has 2 aromatic heterocycles. The molecule has 0 aliphatic heterocycles. The molecule has 0 saturated carbocycles. The molecule has 0 bridgehead atoms. The van der Waals surface area contributed by atoms with Gasteiger partial charge in [-0.3, -0.25) is 10.1 Å². The second-order valence-corrected chi connectivity index (χ2v) is 9.28. The number of carbonyl (C=O) groups is 1. The maximum atomic E-state index is 12.8. The molecule has 0 saturated heterocycles. The van der Waals surface area contributed by atoms with Crippen LogP contribution in [0.4, 0.5) is 5.13 Å². The van der Waals surface area contributed by atoms with E-state index in [0.717, 1.165) is 37.1 Å². The molecule has 4 rings (SSSR count). The summed E-state index contributed by atoms with van der Waals surface area (Å²) in [6.45, 7) is 2.09. The number of rotatable bonds is 4. The van der Waals surface area contributed by atoms with Crippen molar-refractivity contribution in [1.29, 1.82) is 0 Å². The van der Waals surface area contributed by atoms with Crippen molar-refractivity contribution in [1.82, 2.24) is 4.98 Å². The highest BCUT2D eigenvalue weighted by Crippen LogP contribution is 2.37. The number of anilines is 1. The summed E-state index contributed by atoms with van der Waals surface area (Å²) in [6.07, 6.45) is 0.850. The number of amides is 1. The van der Waals surface area contributed by atoms with Gasteiger partial charge in [0, 0.05) is 25.0 Å². The Morgan fingerprint density at radius 2 is 1.89 bits per heavy atom. The molecule has 3 nitrogen and oxygen atoms in total. The van der Waals surface area contributed by atoms with Crippen molar-refractivity contribution in [3.63, 3.8) is 0 Å². The quantitative estimate of drug-likeness (QED) is 0.336. The first-order valence-electron chi connectivity index (χ1n) is 8.31. The summed E-state index contributed by atoms with van der Waals surface area (Å²) in [5.41, 5.74) is 1.94. The van der Waals surface area contributed by atoms with Crippen LogP contribution in [0.25, 0.3) is 21.3 Å². The van der Waals surface area contributed by atoms with Crippen molar-refractivity contribution in [2.75, 3.05) is 5.32 Å². The Bertz CT molecular complexity index is 1130. The van der Waals surface area contributed by atoms with Crippen LogP contribution in [0.15, 0.2) is 53.0 Å². The van der Waals surface area contributed by atoms with Crippen LogP contribution in [0, 0.1) is 0 Å². The highest BCUT2D eigenvalue weighted by Gasteiger charge is 2.19. The highest BCUT2D eigenvalue weighted by atomic mass is 79.9. The number of aryl methyl sites for hydroxylation is 1. The summed E-state index contributed by atoms with van der Waals surface area (Å²) in [6, 6.07) is 15.8. The van der Waals surface area contributed by atoms with Gasteiger partial charge >= 0.3 is 0 Å². The van der Waals surface area contributed by atoms with E-state index in [-0.39, 0.29) is 5.91 Å². The Morgan fingerprint density at radius 1 is 1.15 bits per heavy atom. The van der Waals surface area contributed by atoms with Gasteiger partial charge < -0.3 is 0 Å². The molecular formula is C20H14BrClN2OS2. The molecule has 0 radical (unpaired) electrons. The standard InChI is InChI=1S/C20H14BrClN2OS2/c1-2-14-17(11-7-9-12(21)10-8-11)23-20(27-14)24-19(25)18-16(22)13-5-3-4-6-15(13)26-18/h3-10H,2H2,1H3,(H,23,24,25). The van der Waals surface area contributed by atoms with E-state index in [1.807, 2.05) is 48.5 Å². The van der Waals surface area contributed by atoms with Crippen molar-refractivity contribution < 1.29 is 4.79 Å². The Kier molecular flexibility index (Phi) is 5.32. The highest BCUT2D eigenvalue weighted by molar-refractivity contribution is 9.10. The van der Waals surface area contributed by atoms with Crippen LogP contribution in [0.1, 0.15) is 21.5 Å². The number of nitrogens with one attached hydrogen (secondary N) is 1. The number of thiazole rings is 1. The summed E-state index contributed by atoms with van der Waals surface area (Å²) in [5, 5.41) is 4.90. The Labute approximate surface area is 178 Å². The summed E-state index contributed by atoms with van der Waals surface area (Å²) in [5.74, 6) is -0.222. The molecule has 136 valence electrons. The smallest absolute Gasteiger partial charge is 0.269 e. The second-order valence-electron chi connectivity index (χ2n) is 5.85. The monoisotopic (exact) mass is 476 g/mol. The fourth-order valence-corrected chi connectivity index (χ4v) is 5.39. The third-order valence-corrected chi connectivity index (χ3v) is 7.42. The molecule has 4 aromatic rings. The maximum absolute atomic E-state index is 12.8. The van der Waals surface area contributed by atoms with Gasteiger partial charge in [-0.15, -0.1) is 22.7 Å². The topological polar surface area (TPSA) is 42.0 Å². The molecule has 0 atom stereocenters. The van der Waals surface area contributed by atoms with Crippen LogP contribution in [0.5, 0.6) is 0 Å². The Balaban J connectivity index is 1.65. The minimum absolute atomic E-state index is 0.222. The number of fused-ring (bicyclic) bond motifs is 1. The molecule has 1 amide bonds. The lowest BCUT2D eigenvalue weighted by Crippen LogP contribution is -2.10. The van der Waals surface area contributed by atoms with Crippen LogP contribution in [0.3, 0.4) is 0 Å². The van der Waals surface area contributed by atoms with Gasteiger partial charge in [0.1, 0.15) is 4.88 Å². The third-order valence-electron chi connectivity index (χ3n) is 4.10. The summed E-state index contributed by atoms with van der Waals surface area (Å²) in [4.78, 5) is 19.1. The van der Waals surface area contributed by atoms with Crippen LogP contribution < -0.4 is 5.32 Å². The van der Waals surface area contributed by atoms with Gasteiger partial charge in [-0.25, -0.2) is 4.98 Å². The van der Waals surface area contributed by atoms with E-state index >= 15 is 0 Å². The van der Waals surface area contributed by atoms with Crippen molar-refractivity contribution >= 4 is 71.3 Å². The third kappa shape index (κ3) is 3.67. The van der Waals surface area contributed by atoms with Gasteiger partial charge in [-0.2, -0.15) is 0 Å². The van der Waals surface area contributed by atoms with Crippen molar-refractivity contribution in [3.05, 3.63) is 67.8 Å². The van der Waals surface area contributed by atoms with E-state index in [1.54, 1.807) is 0 Å². The van der Waals surface area contributed by atoms with Crippen molar-refractivity contribution in [3.8, 4) is 11.3 Å². The Hall–Kier alpha value is -1.73. The summed E-state index contributed by atoms with van der Waals surface area (Å²) < 4.78 is 2.02. The molecule has 0 aliphatic carbocycles. The fourth-order valence-electron chi connectivity index (χ4n) is 2.79. The second kappa shape index (κ2) is 7.72. The number of halogens is 2. The molecule has 0 fully saturated rings. The lowest BCUT2D eigenvalue weighted by atomic mass is 10.1. The lowest BCUT2D eigenvalue weighted by molar-refractivity contribution is 0.103. The number of thiophene rings is 1. The molecule has 0 spiro atoms. The number of hydrogen-bond donors (Lipinski definition) is 1. The first-order chi connectivity index (χ1) is 13.1. The van der Waals surface area contributed by atoms with Gasteiger partial charge in [0.15, 0.2) is 5.13 Å². The van der Waals surface area contributed by atoms with E-state index in [1.165, 1.54) is 22.7 Å². The zero-order valence-corrected chi connectivity index (χ0v) is 18.2. The lowest BCUT2D eigenvalue weighted by Gasteiger charge is -2.00. The molecule has 2 heterocycles. The van der Waals surface area contributed by atoms with Gasteiger partial charge in [0.05, 0.1) is 10.7 Å². The average molecular weight is 478 g/mol. The van der Waals surface area contributed by atoms with E-state index in [2.05, 4.69) is 33.2 Å². The van der Waals surface area contributed by atoms with Gasteiger partial charge in [-0.05, 0) is 24.6 Å². The molecule has 0 aliphatic rings. The minimum Gasteiger partial charge on any atom is -0.297 e. The van der Waals surface area contributed by atoms with E-state index in [9.17, 15) is 4.79 Å². The number of benzene rings is 2. The predicted molar refractivity (Wildman–Crippen MR) is 119 cm³/mol. The molecule has 27 heavy (non-hydrogen) atoms. The van der Waals surface area contributed by atoms with Crippen LogP contribution in [-0.4, -0.2) is 10.9 Å². The van der Waals surface area contributed by atoms with E-state index in [0.29, 0.717) is 15.0 Å². The molecule has 7 heteroatoms. The summed E-state index contributed by atoms with van der Waals surface area (Å²) in [7, 11) is 0. The number of hydrogen-bond acceptors (Lipinski definition) is 4. The zero-order chi connectivity index (χ0) is 19.0. The molecule has 0 unspecified atom stereocenters. The van der Waals surface area contributed by atoms with Gasteiger partial charge in [-0.1, -0.05) is 64.8 Å². The molecular weight excluding hydrogens is 464 g/mol. The zero-order valence-electron chi connectivity index (χ0n) is 14.3. The first kappa shape index (κ1) is 18.6. The van der Waals surface area contributed by atoms with E-state index < -0.39 is 0 Å². The Morgan fingerprint density at radius 3 is 2.59 bits per heavy atom. The van der Waals surface area contributed by atoms with Gasteiger partial charge in [0.2, 0.25) is 0 Å².